The van der Waals surface area contributed by atoms with E-state index in [2.05, 4.69) is 15.0 Å². The third-order valence-electron chi connectivity index (χ3n) is 6.31. The molecule has 3 aromatic rings. The van der Waals surface area contributed by atoms with Crippen molar-refractivity contribution in [3.8, 4) is 11.3 Å². The van der Waals surface area contributed by atoms with Crippen molar-refractivity contribution in [2.75, 3.05) is 26.2 Å². The Morgan fingerprint density at radius 1 is 1.17 bits per heavy atom. The molecule has 2 aromatic heterocycles. The van der Waals surface area contributed by atoms with Crippen LogP contribution in [0.1, 0.15) is 36.0 Å². The quantitative estimate of drug-likeness (QED) is 0.665. The highest BCUT2D eigenvalue weighted by Gasteiger charge is 2.32. The number of halogens is 1. The lowest BCUT2D eigenvalue weighted by Crippen LogP contribution is -2.42. The standard InChI is InChI=1S/C23H26FN5O/c1-27-14-16(13-25-27)21-12-20(19-7-6-17(24)11-22(19)26-21)23(30)29-10-4-5-18(29)15-28-8-2-3-9-28/h6-7,11-14,18H,2-5,8-10,15H2,1H3/t18-/m0/s1. The van der Waals surface area contributed by atoms with Crippen LogP contribution in [0, 0.1) is 5.82 Å². The van der Waals surface area contributed by atoms with E-state index < -0.39 is 0 Å². The van der Waals surface area contributed by atoms with Crippen LogP contribution in [-0.4, -0.2) is 62.7 Å². The molecule has 2 aliphatic heterocycles. The maximum atomic E-state index is 13.9. The minimum absolute atomic E-state index is 0.0147. The van der Waals surface area contributed by atoms with Crippen molar-refractivity contribution in [2.24, 2.45) is 7.05 Å². The molecule has 0 unspecified atom stereocenters. The number of amides is 1. The van der Waals surface area contributed by atoms with E-state index in [0.717, 1.165) is 44.6 Å². The molecule has 0 bridgehead atoms. The van der Waals surface area contributed by atoms with Gasteiger partial charge in [0.1, 0.15) is 5.82 Å². The predicted octanol–water partition coefficient (Wildman–Crippen LogP) is 3.47. The van der Waals surface area contributed by atoms with Gasteiger partial charge < -0.3 is 9.80 Å². The van der Waals surface area contributed by atoms with E-state index in [1.165, 1.54) is 25.0 Å². The van der Waals surface area contributed by atoms with Crippen LogP contribution in [-0.2, 0) is 7.05 Å². The lowest BCUT2D eigenvalue weighted by molar-refractivity contribution is 0.0710. The zero-order chi connectivity index (χ0) is 20.7. The van der Waals surface area contributed by atoms with E-state index in [4.69, 9.17) is 0 Å². The first-order valence-corrected chi connectivity index (χ1v) is 10.7. The summed E-state index contributed by atoms with van der Waals surface area (Å²) in [6.45, 7) is 3.96. The second kappa shape index (κ2) is 7.80. The first kappa shape index (κ1) is 19.2. The summed E-state index contributed by atoms with van der Waals surface area (Å²) < 4.78 is 15.6. The molecule has 5 rings (SSSR count). The van der Waals surface area contributed by atoms with Gasteiger partial charge in [0.15, 0.2) is 0 Å². The molecule has 2 saturated heterocycles. The van der Waals surface area contributed by atoms with Crippen molar-refractivity contribution in [1.29, 1.82) is 0 Å². The molecule has 0 spiro atoms. The van der Waals surface area contributed by atoms with Gasteiger partial charge in [0.05, 0.1) is 23.0 Å². The smallest absolute Gasteiger partial charge is 0.254 e. The van der Waals surface area contributed by atoms with Gasteiger partial charge in [-0.25, -0.2) is 9.37 Å². The molecule has 0 aliphatic carbocycles. The average molecular weight is 407 g/mol. The number of carbonyl (C=O) groups excluding carboxylic acids is 1. The number of nitrogens with zero attached hydrogens (tertiary/aromatic N) is 5. The summed E-state index contributed by atoms with van der Waals surface area (Å²) in [4.78, 5) is 22.8. The van der Waals surface area contributed by atoms with E-state index in [0.29, 0.717) is 22.2 Å². The number of benzene rings is 1. The van der Waals surface area contributed by atoms with Crippen LogP contribution in [0.5, 0.6) is 0 Å². The highest BCUT2D eigenvalue weighted by Crippen LogP contribution is 2.29. The van der Waals surface area contributed by atoms with Gasteiger partial charge in [-0.3, -0.25) is 9.48 Å². The molecule has 6 nitrogen and oxygen atoms in total. The largest absolute Gasteiger partial charge is 0.334 e. The van der Waals surface area contributed by atoms with Crippen molar-refractivity contribution in [3.05, 3.63) is 48.0 Å². The molecule has 0 saturated carbocycles. The number of aromatic nitrogens is 3. The topological polar surface area (TPSA) is 54.3 Å². The van der Waals surface area contributed by atoms with Gasteiger partial charge in [-0.2, -0.15) is 5.10 Å². The van der Waals surface area contributed by atoms with Crippen LogP contribution in [0.25, 0.3) is 22.2 Å². The summed E-state index contributed by atoms with van der Waals surface area (Å²) in [5, 5.41) is 4.91. The van der Waals surface area contributed by atoms with Crippen LogP contribution in [0.15, 0.2) is 36.7 Å². The molecular formula is C23H26FN5O. The minimum Gasteiger partial charge on any atom is -0.334 e. The molecule has 4 heterocycles. The van der Waals surface area contributed by atoms with Crippen molar-refractivity contribution in [1.82, 2.24) is 24.6 Å². The Morgan fingerprint density at radius 3 is 2.77 bits per heavy atom. The Kier molecular flexibility index (Phi) is 4.98. The minimum atomic E-state index is -0.357. The molecule has 156 valence electrons. The number of carbonyl (C=O) groups is 1. The Bertz CT molecular complexity index is 1090. The molecule has 1 atom stereocenters. The Morgan fingerprint density at radius 2 is 2.00 bits per heavy atom. The predicted molar refractivity (Wildman–Crippen MR) is 114 cm³/mol. The van der Waals surface area contributed by atoms with E-state index in [9.17, 15) is 9.18 Å². The fourth-order valence-corrected chi connectivity index (χ4v) is 4.79. The monoisotopic (exact) mass is 407 g/mol. The van der Waals surface area contributed by atoms with Crippen LogP contribution in [0.2, 0.25) is 0 Å². The first-order chi connectivity index (χ1) is 14.6. The number of hydrogen-bond donors (Lipinski definition) is 0. The molecule has 1 aromatic carbocycles. The summed E-state index contributed by atoms with van der Waals surface area (Å²) in [5.74, 6) is -0.342. The van der Waals surface area contributed by atoms with Gasteiger partial charge in [-0.1, -0.05) is 0 Å². The van der Waals surface area contributed by atoms with E-state index in [1.54, 1.807) is 16.9 Å². The Balaban J connectivity index is 1.54. The van der Waals surface area contributed by atoms with Gasteiger partial charge in [-0.15, -0.1) is 0 Å². The third kappa shape index (κ3) is 3.58. The highest BCUT2D eigenvalue weighted by molar-refractivity contribution is 6.07. The molecule has 30 heavy (non-hydrogen) atoms. The maximum absolute atomic E-state index is 13.9. The fraction of sp³-hybridized carbons (Fsp3) is 0.435. The Hall–Kier alpha value is -2.80. The second-order valence-electron chi connectivity index (χ2n) is 8.42. The van der Waals surface area contributed by atoms with Crippen LogP contribution in [0.3, 0.4) is 0 Å². The van der Waals surface area contributed by atoms with Crippen molar-refractivity contribution in [3.63, 3.8) is 0 Å². The average Bonchev–Trinajstić information content (AvgIpc) is 3.49. The lowest BCUT2D eigenvalue weighted by atomic mass is 10.0. The zero-order valence-electron chi connectivity index (χ0n) is 17.2. The molecule has 2 aliphatic rings. The van der Waals surface area contributed by atoms with Crippen LogP contribution < -0.4 is 0 Å². The molecule has 0 N–H and O–H groups in total. The maximum Gasteiger partial charge on any atom is 0.254 e. The van der Waals surface area contributed by atoms with Crippen molar-refractivity contribution >= 4 is 16.8 Å². The molecule has 2 fully saturated rings. The van der Waals surface area contributed by atoms with Gasteiger partial charge in [-0.05, 0) is 57.0 Å². The zero-order valence-corrected chi connectivity index (χ0v) is 17.2. The number of fused-ring (bicyclic) bond motifs is 1. The first-order valence-electron chi connectivity index (χ1n) is 10.7. The number of rotatable bonds is 4. The van der Waals surface area contributed by atoms with E-state index in [-0.39, 0.29) is 17.8 Å². The summed E-state index contributed by atoms with van der Waals surface area (Å²) in [5.41, 5.74) is 2.54. The third-order valence-corrected chi connectivity index (χ3v) is 6.31. The molecule has 7 heteroatoms. The molecule has 0 radical (unpaired) electrons. The van der Waals surface area contributed by atoms with Gasteiger partial charge >= 0.3 is 0 Å². The molecular weight excluding hydrogens is 381 g/mol. The SMILES string of the molecule is Cn1cc(-c2cc(C(=O)N3CCC[C@H]3CN3CCCC3)c3ccc(F)cc3n2)cn1. The summed E-state index contributed by atoms with van der Waals surface area (Å²) in [6, 6.07) is 6.54. The Labute approximate surface area is 175 Å². The second-order valence-corrected chi connectivity index (χ2v) is 8.42. The van der Waals surface area contributed by atoms with E-state index >= 15 is 0 Å². The normalized spacial score (nSPS) is 19.8. The highest BCUT2D eigenvalue weighted by atomic mass is 19.1. The molecule has 1 amide bonds. The van der Waals surface area contributed by atoms with Gasteiger partial charge in [0.25, 0.3) is 5.91 Å². The van der Waals surface area contributed by atoms with Crippen molar-refractivity contribution in [2.45, 2.75) is 31.7 Å². The summed E-state index contributed by atoms with van der Waals surface area (Å²) in [7, 11) is 1.84. The number of pyridine rings is 1. The van der Waals surface area contributed by atoms with Crippen LogP contribution >= 0.6 is 0 Å². The number of aryl methyl sites for hydroxylation is 1. The lowest BCUT2D eigenvalue weighted by Gasteiger charge is -2.29. The summed E-state index contributed by atoms with van der Waals surface area (Å²) >= 11 is 0. The van der Waals surface area contributed by atoms with Crippen LogP contribution in [0.4, 0.5) is 4.39 Å². The fourth-order valence-electron chi connectivity index (χ4n) is 4.79. The van der Waals surface area contributed by atoms with Gasteiger partial charge in [0.2, 0.25) is 0 Å². The number of likely N-dealkylation sites (tertiary alicyclic amines) is 2. The summed E-state index contributed by atoms with van der Waals surface area (Å²) in [6.07, 6.45) is 8.12. The van der Waals surface area contributed by atoms with Crippen molar-refractivity contribution < 1.29 is 9.18 Å². The number of hydrogen-bond acceptors (Lipinski definition) is 4. The van der Waals surface area contributed by atoms with Gasteiger partial charge in [0, 0.05) is 49.4 Å². The van der Waals surface area contributed by atoms with E-state index in [1.807, 2.05) is 24.2 Å².